The Bertz CT molecular complexity index is 1710. The lowest BCUT2D eigenvalue weighted by molar-refractivity contribution is -0.137. The molecule has 3 aliphatic rings. The van der Waals surface area contributed by atoms with Gasteiger partial charge in [0.05, 0.1) is 28.2 Å². The van der Waals surface area contributed by atoms with E-state index in [1.165, 1.54) is 5.56 Å². The third-order valence-corrected chi connectivity index (χ3v) is 9.57. The molecule has 0 aliphatic carbocycles. The molecule has 5 rings (SSSR count). The van der Waals surface area contributed by atoms with Crippen molar-refractivity contribution in [1.82, 2.24) is 4.58 Å². The number of unbranched alkanes of at least 4 members (excludes halogenated alkanes) is 1. The molecule has 0 saturated heterocycles. The Balaban J connectivity index is 1.56. The lowest BCUT2D eigenvalue weighted by atomic mass is 9.79. The van der Waals surface area contributed by atoms with E-state index in [1.807, 2.05) is 6.07 Å². The molecule has 1 unspecified atom stereocenters. The zero-order chi connectivity index (χ0) is 30.6. The van der Waals surface area contributed by atoms with Crippen LogP contribution in [0.25, 0.3) is 5.57 Å². The van der Waals surface area contributed by atoms with E-state index in [1.54, 1.807) is 0 Å². The van der Waals surface area contributed by atoms with Crippen molar-refractivity contribution < 1.29 is 27.6 Å². The Hall–Kier alpha value is -3.24. The zero-order valence-corrected chi connectivity index (χ0v) is 26.2. The van der Waals surface area contributed by atoms with Gasteiger partial charge in [0.2, 0.25) is 5.36 Å². The number of allylic oxidation sites excluding steroid dienone is 1. The first-order valence-electron chi connectivity index (χ1n) is 14.7. The van der Waals surface area contributed by atoms with Gasteiger partial charge in [0.1, 0.15) is 17.6 Å². The number of carboxylic acid groups (broad SMARTS) is 1. The van der Waals surface area contributed by atoms with Crippen molar-refractivity contribution in [2.45, 2.75) is 90.6 Å². The van der Waals surface area contributed by atoms with E-state index in [-0.39, 0.29) is 23.3 Å². The fraction of sp³-hybridized carbons (Fsp3) is 0.531. The lowest BCUT2D eigenvalue weighted by Gasteiger charge is -2.48. The number of fused-ring (bicyclic) bond motifs is 4. The lowest BCUT2D eigenvalue weighted by Crippen LogP contribution is -2.50. The quantitative estimate of drug-likeness (QED) is 0.216. The van der Waals surface area contributed by atoms with Crippen LogP contribution < -0.4 is 24.9 Å². The minimum atomic E-state index is -4.23. The maximum absolute atomic E-state index is 11.2. The highest BCUT2D eigenvalue weighted by Crippen LogP contribution is 2.49. The van der Waals surface area contributed by atoms with Gasteiger partial charge in [-0.1, -0.05) is 6.92 Å². The van der Waals surface area contributed by atoms with Crippen LogP contribution in [-0.4, -0.2) is 54.0 Å². The molecule has 10 heteroatoms. The summed E-state index contributed by atoms with van der Waals surface area (Å²) >= 11 is 0. The fourth-order valence-electron chi connectivity index (χ4n) is 6.95. The first kappa shape index (κ1) is 30.2. The molecule has 9 nitrogen and oxygen atoms in total. The van der Waals surface area contributed by atoms with Crippen molar-refractivity contribution in [3.05, 3.63) is 52.2 Å². The smallest absolute Gasteiger partial charge is 0.303 e. The second kappa shape index (κ2) is 10.8. The van der Waals surface area contributed by atoms with Gasteiger partial charge in [0.15, 0.2) is 17.0 Å². The summed E-state index contributed by atoms with van der Waals surface area (Å²) in [6.07, 6.45) is 4.72. The number of aliphatic carboxylic acids is 1. The Labute approximate surface area is 248 Å². The van der Waals surface area contributed by atoms with Gasteiger partial charge in [-0.2, -0.15) is 0 Å². The molecule has 0 aromatic heterocycles. The van der Waals surface area contributed by atoms with Gasteiger partial charge >= 0.3 is 5.97 Å². The number of carboxylic acids is 1. The van der Waals surface area contributed by atoms with Crippen LogP contribution in [0.15, 0.2) is 35.3 Å². The highest BCUT2D eigenvalue weighted by molar-refractivity contribution is 7.85. The van der Waals surface area contributed by atoms with E-state index in [4.69, 9.17) is 9.73 Å². The predicted octanol–water partition coefficient (Wildman–Crippen LogP) is 4.71. The van der Waals surface area contributed by atoms with E-state index in [2.05, 4.69) is 75.3 Å². The molecule has 0 amide bonds. The molecule has 0 saturated carbocycles. The van der Waals surface area contributed by atoms with Crippen molar-refractivity contribution in [2.24, 2.45) is 4.99 Å². The predicted molar refractivity (Wildman–Crippen MR) is 162 cm³/mol. The van der Waals surface area contributed by atoms with Crippen LogP contribution in [0.4, 0.5) is 11.4 Å². The van der Waals surface area contributed by atoms with Crippen LogP contribution in [-0.2, 0) is 14.9 Å². The molecule has 1 N–H and O–H groups in total. The minimum Gasteiger partial charge on any atom is -0.748 e. The second-order valence-electron chi connectivity index (χ2n) is 13.1. The number of hydrogen-bond donors (Lipinski definition) is 1. The summed E-state index contributed by atoms with van der Waals surface area (Å²) in [7, 11) is -4.23. The van der Waals surface area contributed by atoms with E-state index >= 15 is 0 Å². The van der Waals surface area contributed by atoms with Crippen LogP contribution in [0.2, 0.25) is 0 Å². The van der Waals surface area contributed by atoms with E-state index in [0.29, 0.717) is 49.8 Å². The molecule has 1 atom stereocenters. The summed E-state index contributed by atoms with van der Waals surface area (Å²) in [5.41, 5.74) is 4.77. The number of benzene rings is 2. The number of nitrogens with zero attached hydrogens (tertiary/aromatic N) is 3. The van der Waals surface area contributed by atoms with Gasteiger partial charge in [0, 0.05) is 49.9 Å². The first-order chi connectivity index (χ1) is 19.6. The highest BCUT2D eigenvalue weighted by Gasteiger charge is 2.38. The standard InChI is InChI=1S/C32H41N3O6S/c1-20-18-31(3,4)34(11-7-8-13-42(38,39)40)26-16-28-24(14-22(20)26)33-25-15-23-21(2)19-32(5,6)35(12-9-10-30(36)37)27(23)17-29(25)41-28/h14-17,19-20H,7-13,18H2,1-6H3,(H-,36,37,38,39,40). The molecule has 0 bridgehead atoms. The molecule has 3 heterocycles. The molecule has 3 aliphatic heterocycles. The summed E-state index contributed by atoms with van der Waals surface area (Å²) in [4.78, 5) is 18.6. The van der Waals surface area contributed by atoms with Crippen LogP contribution >= 0.6 is 0 Å². The van der Waals surface area contributed by atoms with E-state index in [0.717, 1.165) is 39.6 Å². The second-order valence-corrected chi connectivity index (χ2v) is 14.6. The normalized spacial score (nSPS) is 19.9. The van der Waals surface area contributed by atoms with E-state index < -0.39 is 16.1 Å². The molecule has 42 heavy (non-hydrogen) atoms. The summed E-state index contributed by atoms with van der Waals surface area (Å²) in [6.45, 7) is 14.2. The molecule has 226 valence electrons. The fourth-order valence-corrected chi connectivity index (χ4v) is 7.50. The minimum absolute atomic E-state index is 0.109. The van der Waals surface area contributed by atoms with Gasteiger partial charge in [-0.3, -0.25) is 4.79 Å². The Kier molecular flexibility index (Phi) is 7.77. The van der Waals surface area contributed by atoms with Gasteiger partial charge in [-0.15, -0.1) is 0 Å². The third-order valence-electron chi connectivity index (χ3n) is 8.78. The average Bonchev–Trinajstić information content (AvgIpc) is 2.85. The van der Waals surface area contributed by atoms with Gasteiger partial charge in [-0.25, -0.2) is 18.0 Å². The summed E-state index contributed by atoms with van der Waals surface area (Å²) < 4.78 is 42.2. The van der Waals surface area contributed by atoms with E-state index in [9.17, 15) is 22.9 Å². The summed E-state index contributed by atoms with van der Waals surface area (Å²) in [5.74, 6) is 0.469. The molecular weight excluding hydrogens is 554 g/mol. The highest BCUT2D eigenvalue weighted by atomic mass is 32.2. The van der Waals surface area contributed by atoms with Crippen LogP contribution in [0, 0.1) is 0 Å². The Morgan fingerprint density at radius 3 is 2.57 bits per heavy atom. The van der Waals surface area contributed by atoms with Crippen LogP contribution in [0.1, 0.15) is 90.7 Å². The zero-order valence-electron chi connectivity index (χ0n) is 25.4. The number of anilines is 1. The molecule has 0 spiro atoms. The Morgan fingerprint density at radius 2 is 1.88 bits per heavy atom. The third kappa shape index (κ3) is 5.97. The van der Waals surface area contributed by atoms with Gasteiger partial charge in [0.25, 0.3) is 0 Å². The van der Waals surface area contributed by atoms with Crippen molar-refractivity contribution in [3.8, 4) is 11.5 Å². The number of hydrogen-bond acceptors (Lipinski definition) is 7. The van der Waals surface area contributed by atoms with Crippen molar-refractivity contribution >= 4 is 33.0 Å². The number of rotatable bonds is 9. The summed E-state index contributed by atoms with van der Waals surface area (Å²) in [6, 6.07) is 8.27. The van der Waals surface area contributed by atoms with Crippen LogP contribution in [0.3, 0.4) is 0 Å². The van der Waals surface area contributed by atoms with Crippen molar-refractivity contribution in [2.75, 3.05) is 23.7 Å². The largest absolute Gasteiger partial charge is 0.748 e. The van der Waals surface area contributed by atoms with Crippen molar-refractivity contribution in [1.29, 1.82) is 0 Å². The average molecular weight is 596 g/mol. The Morgan fingerprint density at radius 1 is 1.14 bits per heavy atom. The molecule has 2 aromatic rings. The monoisotopic (exact) mass is 595 g/mol. The van der Waals surface area contributed by atoms with Crippen molar-refractivity contribution in [3.63, 3.8) is 0 Å². The topological polar surface area (TPSA) is 122 Å². The summed E-state index contributed by atoms with van der Waals surface area (Å²) in [5, 5.41) is 11.0. The van der Waals surface area contributed by atoms with Crippen LogP contribution in [0.5, 0.6) is 11.5 Å². The molecule has 0 radical (unpaired) electrons. The first-order valence-corrected chi connectivity index (χ1v) is 16.3. The molecular formula is C32H41N3O6S. The van der Waals surface area contributed by atoms with Gasteiger partial charge in [-0.05, 0) is 75.3 Å². The number of ether oxygens (including phenoxy) is 1. The van der Waals surface area contributed by atoms with Gasteiger partial charge < -0.3 is 19.3 Å². The maximum atomic E-state index is 11.2. The SMILES string of the molecule is CC1=CC(C)(C)[N+](CCCC(=O)O)=c2cc3c(cc21)=Nc1cc2c(cc1O3)N(CCCCS(=O)(=O)[O-])C(C)(C)CC2C. The number of carbonyl (C=O) groups is 1. The maximum Gasteiger partial charge on any atom is 0.303 e. The molecule has 2 aromatic carbocycles. The molecule has 0 fully saturated rings.